The smallest absolute Gasteiger partial charge is 0.356 e. The molecule has 6 heteroatoms. The minimum atomic E-state index is -1.13. The lowest BCUT2D eigenvalue weighted by Crippen LogP contribution is -2.38. The zero-order valence-electron chi connectivity index (χ0n) is 12.6. The van der Waals surface area contributed by atoms with Gasteiger partial charge in [0.05, 0.1) is 12.4 Å². The number of nitrogens with zero attached hydrogens (tertiary/aromatic N) is 3. The van der Waals surface area contributed by atoms with Gasteiger partial charge in [0.15, 0.2) is 5.69 Å². The molecule has 1 aromatic heterocycles. The van der Waals surface area contributed by atoms with Crippen LogP contribution in [-0.4, -0.2) is 44.4 Å². The lowest BCUT2D eigenvalue weighted by atomic mass is 9.89. The number of carbonyl (C=O) groups excluding carboxylic acids is 1. The predicted molar refractivity (Wildman–Crippen MR) is 79.6 cm³/mol. The molecule has 6 nitrogen and oxygen atoms in total. The molecule has 0 atom stereocenters. The van der Waals surface area contributed by atoms with Crippen molar-refractivity contribution in [3.8, 4) is 0 Å². The first-order valence-corrected chi connectivity index (χ1v) is 8.01. The molecule has 0 radical (unpaired) electrons. The molecule has 0 spiro atoms. The Morgan fingerprint density at radius 1 is 1.05 bits per heavy atom. The molecular formula is C16H21N3O3. The Bertz CT molecular complexity index is 548. The average molecular weight is 303 g/mol. The highest BCUT2D eigenvalue weighted by atomic mass is 16.4. The van der Waals surface area contributed by atoms with E-state index in [1.54, 1.807) is 0 Å². The molecule has 2 aliphatic rings. The molecule has 0 bridgehead atoms. The monoisotopic (exact) mass is 303 g/mol. The van der Waals surface area contributed by atoms with Crippen LogP contribution in [0.3, 0.4) is 0 Å². The molecule has 0 aromatic carbocycles. The first kappa shape index (κ1) is 14.9. The minimum Gasteiger partial charge on any atom is -0.476 e. The lowest BCUT2D eigenvalue weighted by molar-refractivity contribution is 0.0674. The molecule has 22 heavy (non-hydrogen) atoms. The minimum absolute atomic E-state index is 0.113. The number of carbonyl (C=O) groups is 2. The maximum Gasteiger partial charge on any atom is 0.356 e. The number of aromatic carboxylic acids is 1. The van der Waals surface area contributed by atoms with Gasteiger partial charge >= 0.3 is 5.97 Å². The fourth-order valence-electron chi connectivity index (χ4n) is 3.13. The summed E-state index contributed by atoms with van der Waals surface area (Å²) in [5.41, 5.74) is 0.106. The van der Waals surface area contributed by atoms with Crippen molar-refractivity contribution < 1.29 is 14.7 Å². The Kier molecular flexibility index (Phi) is 4.36. The maximum absolute atomic E-state index is 12.7. The normalized spacial score (nSPS) is 18.9. The van der Waals surface area contributed by atoms with Gasteiger partial charge < -0.3 is 10.0 Å². The van der Waals surface area contributed by atoms with Gasteiger partial charge in [-0.25, -0.2) is 14.8 Å². The number of carboxylic acids is 1. The summed E-state index contributed by atoms with van der Waals surface area (Å²) >= 11 is 0. The third kappa shape index (κ3) is 3.43. The molecule has 1 heterocycles. The largest absolute Gasteiger partial charge is 0.476 e. The van der Waals surface area contributed by atoms with Gasteiger partial charge in [0.25, 0.3) is 5.91 Å². The Labute approximate surface area is 129 Å². The van der Waals surface area contributed by atoms with Crippen LogP contribution in [0.4, 0.5) is 0 Å². The summed E-state index contributed by atoms with van der Waals surface area (Å²) in [5.74, 6) is -0.658. The molecule has 3 rings (SSSR count). The molecule has 1 aromatic rings. The highest BCUT2D eigenvalue weighted by Crippen LogP contribution is 2.32. The molecule has 0 saturated heterocycles. The van der Waals surface area contributed by atoms with Crippen LogP contribution >= 0.6 is 0 Å². The number of hydrogen-bond donors (Lipinski definition) is 1. The molecule has 2 fully saturated rings. The van der Waals surface area contributed by atoms with Crippen molar-refractivity contribution in [2.45, 2.75) is 51.0 Å². The molecule has 0 aliphatic heterocycles. The van der Waals surface area contributed by atoms with Crippen molar-refractivity contribution in [3.63, 3.8) is 0 Å². The maximum atomic E-state index is 12.7. The van der Waals surface area contributed by atoms with Crippen molar-refractivity contribution in [1.29, 1.82) is 0 Å². The van der Waals surface area contributed by atoms with Gasteiger partial charge in [0.2, 0.25) is 0 Å². The van der Waals surface area contributed by atoms with Crippen LogP contribution in [0.1, 0.15) is 65.9 Å². The second-order valence-electron chi connectivity index (χ2n) is 6.28. The molecular weight excluding hydrogens is 282 g/mol. The van der Waals surface area contributed by atoms with E-state index >= 15 is 0 Å². The van der Waals surface area contributed by atoms with Gasteiger partial charge in [-0.2, -0.15) is 0 Å². The van der Waals surface area contributed by atoms with E-state index < -0.39 is 5.97 Å². The summed E-state index contributed by atoms with van der Waals surface area (Å²) in [6.45, 7) is 0.797. The van der Waals surface area contributed by atoms with Gasteiger partial charge in [-0.05, 0) is 31.6 Å². The summed E-state index contributed by atoms with van der Waals surface area (Å²) in [6.07, 6.45) is 10.7. The topological polar surface area (TPSA) is 83.4 Å². The van der Waals surface area contributed by atoms with Crippen molar-refractivity contribution >= 4 is 11.9 Å². The van der Waals surface area contributed by atoms with E-state index in [2.05, 4.69) is 9.97 Å². The van der Waals surface area contributed by atoms with Gasteiger partial charge in [0.1, 0.15) is 5.69 Å². The van der Waals surface area contributed by atoms with Crippen LogP contribution in [0.25, 0.3) is 0 Å². The Morgan fingerprint density at radius 3 is 2.23 bits per heavy atom. The zero-order chi connectivity index (χ0) is 15.5. The summed E-state index contributed by atoms with van der Waals surface area (Å²) in [5, 5.41) is 8.84. The van der Waals surface area contributed by atoms with Gasteiger partial charge in [-0.15, -0.1) is 0 Å². The number of aromatic nitrogens is 2. The standard InChI is InChI=1S/C16H21N3O3/c20-15(13-8-18-14(9-17-13)16(21)22)19(12-6-7-12)10-11-4-2-1-3-5-11/h8-9,11-12H,1-7,10H2,(H,21,22). The van der Waals surface area contributed by atoms with Crippen LogP contribution in [0.15, 0.2) is 12.4 Å². The second-order valence-corrected chi connectivity index (χ2v) is 6.28. The number of rotatable bonds is 5. The molecule has 0 unspecified atom stereocenters. The van der Waals surface area contributed by atoms with Crippen LogP contribution in [0.5, 0.6) is 0 Å². The van der Waals surface area contributed by atoms with E-state index in [9.17, 15) is 9.59 Å². The molecule has 118 valence electrons. The zero-order valence-corrected chi connectivity index (χ0v) is 12.6. The quantitative estimate of drug-likeness (QED) is 0.902. The van der Waals surface area contributed by atoms with E-state index in [0.717, 1.165) is 25.6 Å². The van der Waals surface area contributed by atoms with Crippen LogP contribution < -0.4 is 0 Å². The Morgan fingerprint density at radius 2 is 1.68 bits per heavy atom. The second kappa shape index (κ2) is 6.42. The van der Waals surface area contributed by atoms with E-state index in [-0.39, 0.29) is 17.3 Å². The molecule has 2 aliphatic carbocycles. The molecule has 2 saturated carbocycles. The Hall–Kier alpha value is -1.98. The van der Waals surface area contributed by atoms with Crippen molar-refractivity contribution in [2.75, 3.05) is 6.54 Å². The van der Waals surface area contributed by atoms with Gasteiger partial charge in [0, 0.05) is 12.6 Å². The first-order valence-electron chi connectivity index (χ1n) is 8.01. The molecule has 1 amide bonds. The fraction of sp³-hybridized carbons (Fsp3) is 0.625. The van der Waals surface area contributed by atoms with Crippen LogP contribution in [0.2, 0.25) is 0 Å². The van der Waals surface area contributed by atoms with Crippen molar-refractivity contribution in [3.05, 3.63) is 23.8 Å². The van der Waals surface area contributed by atoms with Gasteiger partial charge in [-0.3, -0.25) is 4.79 Å². The predicted octanol–water partition coefficient (Wildman–Crippen LogP) is 2.36. The fourth-order valence-corrected chi connectivity index (χ4v) is 3.13. The summed E-state index contributed by atoms with van der Waals surface area (Å²) < 4.78 is 0. The summed E-state index contributed by atoms with van der Waals surface area (Å²) in [7, 11) is 0. The first-order chi connectivity index (χ1) is 10.6. The SMILES string of the molecule is O=C(O)c1cnc(C(=O)N(CC2CCCCC2)C2CC2)cn1. The average Bonchev–Trinajstić information content (AvgIpc) is 3.38. The van der Waals surface area contributed by atoms with Crippen LogP contribution in [-0.2, 0) is 0 Å². The Balaban J connectivity index is 1.70. The third-order valence-electron chi connectivity index (χ3n) is 4.52. The van der Waals surface area contributed by atoms with Crippen molar-refractivity contribution in [1.82, 2.24) is 14.9 Å². The van der Waals surface area contributed by atoms with Crippen LogP contribution in [0, 0.1) is 5.92 Å². The van der Waals surface area contributed by atoms with E-state index in [4.69, 9.17) is 5.11 Å². The highest BCUT2D eigenvalue weighted by Gasteiger charge is 2.35. The number of carboxylic acid groups (broad SMARTS) is 1. The van der Waals surface area contributed by atoms with E-state index in [0.29, 0.717) is 12.0 Å². The lowest BCUT2D eigenvalue weighted by Gasteiger charge is -2.29. The number of hydrogen-bond acceptors (Lipinski definition) is 4. The number of amides is 1. The summed E-state index contributed by atoms with van der Waals surface area (Å²) in [6, 6.07) is 0.329. The third-order valence-corrected chi connectivity index (χ3v) is 4.52. The van der Waals surface area contributed by atoms with E-state index in [1.807, 2.05) is 4.90 Å². The summed E-state index contributed by atoms with van der Waals surface area (Å²) in [4.78, 5) is 33.2. The van der Waals surface area contributed by atoms with Gasteiger partial charge in [-0.1, -0.05) is 19.3 Å². The van der Waals surface area contributed by atoms with E-state index in [1.165, 1.54) is 38.3 Å². The van der Waals surface area contributed by atoms with Crippen molar-refractivity contribution in [2.24, 2.45) is 5.92 Å². The molecule has 1 N–H and O–H groups in total. The highest BCUT2D eigenvalue weighted by molar-refractivity contribution is 5.93.